The van der Waals surface area contributed by atoms with Crippen molar-refractivity contribution in [3.8, 4) is 5.75 Å². The Morgan fingerprint density at radius 1 is 1.04 bits per heavy atom. The number of benzene rings is 2. The molecule has 0 spiro atoms. The summed E-state index contributed by atoms with van der Waals surface area (Å²) < 4.78 is 18.1. The summed E-state index contributed by atoms with van der Waals surface area (Å²) in [6, 6.07) is 13.2. The second kappa shape index (κ2) is 9.36. The van der Waals surface area contributed by atoms with E-state index in [2.05, 4.69) is 24.7 Å². The van der Waals surface area contributed by atoms with Crippen molar-refractivity contribution in [3.05, 3.63) is 71.6 Å². The van der Waals surface area contributed by atoms with Crippen molar-refractivity contribution in [1.82, 2.24) is 10.9 Å². The molecule has 0 aliphatic carbocycles. The zero-order valence-corrected chi connectivity index (χ0v) is 14.7. The molecule has 0 aliphatic heterocycles. The molecule has 6 heteroatoms. The normalized spacial score (nSPS) is 10.8. The van der Waals surface area contributed by atoms with Gasteiger partial charge in [-0.25, -0.2) is 4.39 Å². The van der Waals surface area contributed by atoms with Crippen molar-refractivity contribution in [2.75, 3.05) is 6.61 Å². The van der Waals surface area contributed by atoms with Crippen LogP contribution < -0.4 is 15.6 Å². The van der Waals surface area contributed by atoms with Gasteiger partial charge in [0.05, 0.1) is 0 Å². The molecule has 0 bridgehead atoms. The van der Waals surface area contributed by atoms with Crippen molar-refractivity contribution in [2.24, 2.45) is 0 Å². The quantitative estimate of drug-likeness (QED) is 0.617. The van der Waals surface area contributed by atoms with Crippen LogP contribution in [0.4, 0.5) is 4.39 Å². The first-order valence-corrected chi connectivity index (χ1v) is 8.19. The molecule has 0 saturated carbocycles. The highest BCUT2D eigenvalue weighted by molar-refractivity contribution is 5.93. The highest BCUT2D eigenvalue weighted by Gasteiger charge is 2.05. The molecule has 2 amide bonds. The molecule has 0 fully saturated rings. The summed E-state index contributed by atoms with van der Waals surface area (Å²) in [5.74, 6) is -0.347. The van der Waals surface area contributed by atoms with Crippen molar-refractivity contribution >= 4 is 17.9 Å². The first-order chi connectivity index (χ1) is 12.4. The molecule has 2 aromatic rings. The second-order valence-electron chi connectivity index (χ2n) is 5.93. The predicted molar refractivity (Wildman–Crippen MR) is 97.7 cm³/mol. The Morgan fingerprint density at radius 3 is 2.31 bits per heavy atom. The van der Waals surface area contributed by atoms with Crippen LogP contribution in [0.1, 0.15) is 30.9 Å². The van der Waals surface area contributed by atoms with E-state index < -0.39 is 11.8 Å². The molecule has 0 unspecified atom stereocenters. The molecule has 2 N–H and O–H groups in total. The van der Waals surface area contributed by atoms with Crippen LogP contribution in [0, 0.1) is 5.82 Å². The molecular formula is C20H21FN2O3. The van der Waals surface area contributed by atoms with E-state index in [0.29, 0.717) is 17.2 Å². The Morgan fingerprint density at radius 2 is 1.69 bits per heavy atom. The van der Waals surface area contributed by atoms with Gasteiger partial charge >= 0.3 is 0 Å². The summed E-state index contributed by atoms with van der Waals surface area (Å²) >= 11 is 0. The topological polar surface area (TPSA) is 67.4 Å². The van der Waals surface area contributed by atoms with Crippen LogP contribution in [-0.2, 0) is 9.59 Å². The van der Waals surface area contributed by atoms with Gasteiger partial charge in [0.25, 0.3) is 11.8 Å². The molecule has 0 radical (unpaired) electrons. The van der Waals surface area contributed by atoms with Gasteiger partial charge in [0.15, 0.2) is 6.61 Å². The summed E-state index contributed by atoms with van der Waals surface area (Å²) in [7, 11) is 0. The van der Waals surface area contributed by atoms with E-state index in [0.717, 1.165) is 0 Å². The molecule has 136 valence electrons. The summed E-state index contributed by atoms with van der Waals surface area (Å²) in [5.41, 5.74) is 6.35. The van der Waals surface area contributed by atoms with Gasteiger partial charge in [-0.1, -0.05) is 38.1 Å². The third-order valence-corrected chi connectivity index (χ3v) is 3.54. The maximum atomic E-state index is 12.8. The molecule has 0 heterocycles. The second-order valence-corrected chi connectivity index (χ2v) is 5.93. The zero-order valence-electron chi connectivity index (χ0n) is 14.7. The van der Waals surface area contributed by atoms with Crippen molar-refractivity contribution < 1.29 is 18.7 Å². The monoisotopic (exact) mass is 356 g/mol. The molecule has 0 aliphatic rings. The van der Waals surface area contributed by atoms with E-state index in [1.165, 1.54) is 42.0 Å². The minimum Gasteiger partial charge on any atom is -0.484 e. The number of carbonyl (C=O) groups excluding carboxylic acids is 2. The number of rotatable bonds is 6. The van der Waals surface area contributed by atoms with Crippen LogP contribution in [0.2, 0.25) is 0 Å². The van der Waals surface area contributed by atoms with Crippen LogP contribution in [0.5, 0.6) is 5.75 Å². The van der Waals surface area contributed by atoms with Crippen LogP contribution in [0.25, 0.3) is 6.08 Å². The van der Waals surface area contributed by atoms with Gasteiger partial charge in [-0.3, -0.25) is 20.4 Å². The van der Waals surface area contributed by atoms with E-state index in [1.54, 1.807) is 12.1 Å². The highest BCUT2D eigenvalue weighted by Crippen LogP contribution is 2.18. The fourth-order valence-electron chi connectivity index (χ4n) is 2.05. The van der Waals surface area contributed by atoms with E-state index in [-0.39, 0.29) is 12.4 Å². The maximum Gasteiger partial charge on any atom is 0.276 e. The molecule has 0 aromatic heterocycles. The van der Waals surface area contributed by atoms with E-state index in [1.807, 2.05) is 12.1 Å². The van der Waals surface area contributed by atoms with Crippen LogP contribution >= 0.6 is 0 Å². The number of ether oxygens (including phenoxy) is 1. The smallest absolute Gasteiger partial charge is 0.276 e. The summed E-state index contributed by atoms with van der Waals surface area (Å²) in [6.45, 7) is 3.97. The molecule has 2 rings (SSSR count). The Hall–Kier alpha value is -3.15. The number of hydrazine groups is 1. The first kappa shape index (κ1) is 19.2. The van der Waals surface area contributed by atoms with Gasteiger partial charge in [-0.15, -0.1) is 0 Å². The summed E-state index contributed by atoms with van der Waals surface area (Å²) in [6.07, 6.45) is 2.74. The fourth-order valence-corrected chi connectivity index (χ4v) is 2.05. The summed E-state index contributed by atoms with van der Waals surface area (Å²) in [4.78, 5) is 23.3. The van der Waals surface area contributed by atoms with Crippen molar-refractivity contribution in [1.29, 1.82) is 0 Å². The van der Waals surface area contributed by atoms with E-state index in [4.69, 9.17) is 4.74 Å². The number of hydrogen-bond acceptors (Lipinski definition) is 3. The highest BCUT2D eigenvalue weighted by atomic mass is 19.1. The Bertz CT molecular complexity index is 769. The Balaban J connectivity index is 1.72. The van der Waals surface area contributed by atoms with Gasteiger partial charge in [0.2, 0.25) is 0 Å². The third kappa shape index (κ3) is 6.39. The lowest BCUT2D eigenvalue weighted by atomic mass is 10.0. The average molecular weight is 356 g/mol. The predicted octanol–water partition coefficient (Wildman–Crippen LogP) is 3.19. The first-order valence-electron chi connectivity index (χ1n) is 8.19. The van der Waals surface area contributed by atoms with Gasteiger partial charge in [0, 0.05) is 6.08 Å². The molecule has 0 saturated heterocycles. The van der Waals surface area contributed by atoms with Gasteiger partial charge < -0.3 is 4.74 Å². The fraction of sp³-hybridized carbons (Fsp3) is 0.200. The largest absolute Gasteiger partial charge is 0.484 e. The molecule has 2 aromatic carbocycles. The zero-order chi connectivity index (χ0) is 18.9. The van der Waals surface area contributed by atoms with Gasteiger partial charge in [-0.05, 0) is 47.4 Å². The summed E-state index contributed by atoms with van der Waals surface area (Å²) in [5, 5.41) is 0. The minimum absolute atomic E-state index is 0.219. The minimum atomic E-state index is -0.510. The lowest BCUT2D eigenvalue weighted by molar-refractivity contribution is -0.128. The maximum absolute atomic E-state index is 12.8. The van der Waals surface area contributed by atoms with E-state index >= 15 is 0 Å². The lowest BCUT2D eigenvalue weighted by Crippen LogP contribution is -2.43. The molecule has 5 nitrogen and oxygen atoms in total. The number of nitrogens with one attached hydrogen (secondary N) is 2. The van der Waals surface area contributed by atoms with E-state index in [9.17, 15) is 14.0 Å². The van der Waals surface area contributed by atoms with Crippen LogP contribution in [0.3, 0.4) is 0 Å². The lowest BCUT2D eigenvalue weighted by Gasteiger charge is -2.09. The SMILES string of the molecule is CC(C)c1ccc(OCC(=O)NNC(=O)C=Cc2ccc(F)cc2)cc1. The van der Waals surface area contributed by atoms with Crippen molar-refractivity contribution in [3.63, 3.8) is 0 Å². The Labute approximate surface area is 151 Å². The third-order valence-electron chi connectivity index (χ3n) is 3.54. The average Bonchev–Trinajstić information content (AvgIpc) is 2.64. The van der Waals surface area contributed by atoms with Gasteiger partial charge in [-0.2, -0.15) is 0 Å². The number of halogens is 1. The number of hydrogen-bond donors (Lipinski definition) is 2. The molecule has 26 heavy (non-hydrogen) atoms. The van der Waals surface area contributed by atoms with Crippen LogP contribution in [-0.4, -0.2) is 18.4 Å². The van der Waals surface area contributed by atoms with Gasteiger partial charge in [0.1, 0.15) is 11.6 Å². The molecular weight excluding hydrogens is 335 g/mol. The number of amides is 2. The molecule has 0 atom stereocenters. The Kier molecular flexibility index (Phi) is 6.91. The number of carbonyl (C=O) groups is 2. The van der Waals surface area contributed by atoms with Crippen LogP contribution in [0.15, 0.2) is 54.6 Å². The van der Waals surface area contributed by atoms with Crippen molar-refractivity contribution in [2.45, 2.75) is 19.8 Å². The standard InChI is InChI=1S/C20H21FN2O3/c1-14(2)16-6-10-18(11-7-16)26-13-20(25)23-22-19(24)12-5-15-3-8-17(21)9-4-15/h3-12,14H,13H2,1-2H3,(H,22,24)(H,23,25).